The molecule has 0 saturated heterocycles. The highest BCUT2D eigenvalue weighted by atomic mass is 32.3. The number of hydrogen-bond donors (Lipinski definition) is 1. The number of unbranched alkanes of at least 4 members (excludes halogenated alkanes) is 9. The number of benzene rings is 4. The van der Waals surface area contributed by atoms with Crippen molar-refractivity contribution in [1.29, 1.82) is 0 Å². The van der Waals surface area contributed by atoms with Crippen LogP contribution in [0.25, 0.3) is 0 Å². The molecule has 0 atom stereocenters. The summed E-state index contributed by atoms with van der Waals surface area (Å²) >= 11 is 0. The molecule has 3 nitrogen and oxygen atoms in total. The lowest BCUT2D eigenvalue weighted by Crippen LogP contribution is -2.14. The predicted octanol–water partition coefficient (Wildman–Crippen LogP) is 10.9. The normalized spacial score (nSPS) is 11.7. The van der Waals surface area contributed by atoms with Crippen LogP contribution in [0.1, 0.15) is 87.1 Å². The fourth-order valence-corrected chi connectivity index (χ4v) is 8.27. The molecule has 0 aliphatic carbocycles. The molecule has 0 fully saturated rings. The van der Waals surface area contributed by atoms with Crippen LogP contribution in [0.15, 0.2) is 124 Å². The minimum Gasteiger partial charge on any atom is -0.507 e. The molecule has 0 spiro atoms. The fourth-order valence-electron chi connectivity index (χ4n) is 5.25. The van der Waals surface area contributed by atoms with Crippen molar-refractivity contribution in [2.45, 2.75) is 92.2 Å². The Hall–Kier alpha value is -3.50. The largest absolute Gasteiger partial charge is 0.507 e. The number of para-hydroxylation sites is 1. The number of phenols is 1. The first-order chi connectivity index (χ1) is 20.1. The van der Waals surface area contributed by atoms with E-state index in [1.165, 1.54) is 75.8 Å². The van der Waals surface area contributed by atoms with Crippen molar-refractivity contribution < 1.29 is 14.1 Å². The molecule has 0 amide bonds. The lowest BCUT2D eigenvalue weighted by Gasteiger charge is -2.39. The molecule has 41 heavy (non-hydrogen) atoms. The van der Waals surface area contributed by atoms with Gasteiger partial charge in [0.05, 0.1) is 0 Å². The van der Waals surface area contributed by atoms with Crippen molar-refractivity contribution in [2.24, 2.45) is 0 Å². The molecule has 0 aromatic heterocycles. The Labute approximate surface area is 248 Å². The molecule has 0 aliphatic heterocycles. The topological polar surface area (TPSA) is 46.5 Å². The van der Waals surface area contributed by atoms with Crippen LogP contribution in [-0.4, -0.2) is 11.1 Å². The molecule has 4 aromatic carbocycles. The molecule has 4 heteroatoms. The molecule has 0 bridgehead atoms. The van der Waals surface area contributed by atoms with Gasteiger partial charge in [0, 0.05) is 14.7 Å². The van der Waals surface area contributed by atoms with Crippen LogP contribution >= 0.6 is 10.3 Å². The van der Waals surface area contributed by atoms with Gasteiger partial charge in [0.15, 0.2) is 0 Å². The van der Waals surface area contributed by atoms with Crippen LogP contribution in [0.4, 0.5) is 0 Å². The monoisotopic (exact) mass is 568 g/mol. The molecule has 0 aliphatic rings. The Morgan fingerprint density at radius 1 is 0.585 bits per heavy atom. The predicted molar refractivity (Wildman–Crippen MR) is 171 cm³/mol. The maximum absolute atomic E-state index is 13.6. The minimum absolute atomic E-state index is 0.0845. The number of aromatic hydroxyl groups is 1. The Balaban J connectivity index is 1.52. The van der Waals surface area contributed by atoms with Crippen molar-refractivity contribution in [2.75, 3.05) is 0 Å². The third kappa shape index (κ3) is 8.27. The molecule has 1 N–H and O–H groups in total. The fraction of sp³-hybridized carbons (Fsp3) is 0.324. The van der Waals surface area contributed by atoms with E-state index in [1.807, 2.05) is 60.7 Å². The number of carbonyl (C=O) groups excluding carboxylic acids is 1. The summed E-state index contributed by atoms with van der Waals surface area (Å²) in [6.45, 7) is 2.27. The maximum atomic E-state index is 13.6. The van der Waals surface area contributed by atoms with Crippen LogP contribution in [0.5, 0.6) is 5.75 Å². The maximum Gasteiger partial charge on any atom is 0.353 e. The standard InChI is InChI=1S/C37H44O3S/c1-2-3-4-5-6-7-8-9-10-13-20-31-27-29-34(30-28-31)41(32-21-14-11-15-22-32,33-23-16-12-17-24-33)40-37(39)35-25-18-19-26-36(35)38/h11-12,14-19,21-30,38H,2-10,13,20H2,1H3. The Bertz CT molecular complexity index is 1280. The molecule has 4 aromatic rings. The number of hydrogen-bond acceptors (Lipinski definition) is 3. The van der Waals surface area contributed by atoms with E-state index in [0.29, 0.717) is 0 Å². The molecule has 0 saturated carbocycles. The minimum atomic E-state index is -2.42. The summed E-state index contributed by atoms with van der Waals surface area (Å²) in [6.07, 6.45) is 14.3. The van der Waals surface area contributed by atoms with Gasteiger partial charge in [-0.25, -0.2) is 4.79 Å². The van der Waals surface area contributed by atoms with E-state index in [9.17, 15) is 9.90 Å². The van der Waals surface area contributed by atoms with Crippen molar-refractivity contribution >= 4 is 16.3 Å². The molecule has 216 valence electrons. The highest BCUT2D eigenvalue weighted by molar-refractivity contribution is 8.30. The SMILES string of the molecule is CCCCCCCCCCCCc1ccc(S(OC(=O)c2ccccc2O)(c2ccccc2)c2ccccc2)cc1. The van der Waals surface area contributed by atoms with Gasteiger partial charge in [-0.15, -0.1) is 0 Å². The summed E-state index contributed by atoms with van der Waals surface area (Å²) in [4.78, 5) is 16.4. The highest BCUT2D eigenvalue weighted by Crippen LogP contribution is 2.69. The zero-order valence-electron chi connectivity index (χ0n) is 24.3. The van der Waals surface area contributed by atoms with Gasteiger partial charge in [-0.3, -0.25) is 0 Å². The molecule has 0 radical (unpaired) electrons. The van der Waals surface area contributed by atoms with Crippen molar-refractivity contribution in [3.8, 4) is 5.75 Å². The summed E-state index contributed by atoms with van der Waals surface area (Å²) < 4.78 is 6.55. The first kappa shape index (κ1) is 30.5. The van der Waals surface area contributed by atoms with E-state index in [2.05, 4.69) is 31.2 Å². The van der Waals surface area contributed by atoms with Crippen LogP contribution < -0.4 is 0 Å². The third-order valence-corrected chi connectivity index (χ3v) is 10.8. The second-order valence-electron chi connectivity index (χ2n) is 10.6. The van der Waals surface area contributed by atoms with Crippen molar-refractivity contribution in [3.05, 3.63) is 120 Å². The lowest BCUT2D eigenvalue weighted by molar-refractivity contribution is 0.0754. The van der Waals surface area contributed by atoms with E-state index in [1.54, 1.807) is 18.2 Å². The van der Waals surface area contributed by atoms with Gasteiger partial charge in [0.2, 0.25) is 0 Å². The van der Waals surface area contributed by atoms with Gasteiger partial charge in [-0.2, -0.15) is 0 Å². The van der Waals surface area contributed by atoms with E-state index < -0.39 is 16.3 Å². The highest BCUT2D eigenvalue weighted by Gasteiger charge is 2.36. The summed E-state index contributed by atoms with van der Waals surface area (Å²) in [5, 5.41) is 10.4. The zero-order valence-corrected chi connectivity index (χ0v) is 25.2. The third-order valence-electron chi connectivity index (χ3n) is 7.55. The number of rotatable bonds is 16. The summed E-state index contributed by atoms with van der Waals surface area (Å²) in [5.74, 6) is -0.626. The van der Waals surface area contributed by atoms with Gasteiger partial charge in [-0.05, 0) is 77.2 Å². The Kier molecular flexibility index (Phi) is 11.9. The van der Waals surface area contributed by atoms with E-state index in [4.69, 9.17) is 4.18 Å². The summed E-state index contributed by atoms with van der Waals surface area (Å²) in [5.41, 5.74) is 1.46. The quantitative estimate of drug-likeness (QED) is 0.137. The van der Waals surface area contributed by atoms with Gasteiger partial charge >= 0.3 is 5.97 Å². The van der Waals surface area contributed by atoms with Gasteiger partial charge in [-0.1, -0.05) is 125 Å². The average Bonchev–Trinajstić information content (AvgIpc) is 3.02. The molecule has 0 unspecified atom stereocenters. The number of phenolic OH excluding ortho intramolecular Hbond substituents is 1. The van der Waals surface area contributed by atoms with E-state index in [-0.39, 0.29) is 11.3 Å². The van der Waals surface area contributed by atoms with Crippen LogP contribution in [0.2, 0.25) is 0 Å². The van der Waals surface area contributed by atoms with E-state index >= 15 is 0 Å². The second-order valence-corrected chi connectivity index (χ2v) is 13.3. The molecule has 4 rings (SSSR count). The van der Waals surface area contributed by atoms with Gasteiger partial charge in [0.1, 0.15) is 11.3 Å². The molecular weight excluding hydrogens is 524 g/mol. The van der Waals surface area contributed by atoms with E-state index in [0.717, 1.165) is 21.1 Å². The summed E-state index contributed by atoms with van der Waals surface area (Å²) in [7, 11) is -2.42. The molecule has 0 heterocycles. The number of aryl methyl sites for hydroxylation is 1. The Morgan fingerprint density at radius 3 is 1.59 bits per heavy atom. The van der Waals surface area contributed by atoms with Crippen LogP contribution in [-0.2, 0) is 10.6 Å². The lowest BCUT2D eigenvalue weighted by atomic mass is 10.0. The average molecular weight is 569 g/mol. The first-order valence-electron chi connectivity index (χ1n) is 15.2. The second kappa shape index (κ2) is 16.1. The molecular formula is C37H44O3S. The number of carbonyl (C=O) groups is 1. The van der Waals surface area contributed by atoms with Crippen molar-refractivity contribution in [1.82, 2.24) is 0 Å². The zero-order chi connectivity index (χ0) is 28.8. The smallest absolute Gasteiger partial charge is 0.353 e. The van der Waals surface area contributed by atoms with Gasteiger partial charge < -0.3 is 9.29 Å². The van der Waals surface area contributed by atoms with Gasteiger partial charge in [0.25, 0.3) is 0 Å². The first-order valence-corrected chi connectivity index (χ1v) is 16.7. The summed E-state index contributed by atoms with van der Waals surface area (Å²) in [6, 6.07) is 35.1. The Morgan fingerprint density at radius 2 is 1.05 bits per heavy atom. The van der Waals surface area contributed by atoms with Crippen LogP contribution in [0.3, 0.4) is 0 Å². The van der Waals surface area contributed by atoms with Crippen molar-refractivity contribution in [3.63, 3.8) is 0 Å². The van der Waals surface area contributed by atoms with Crippen LogP contribution in [0, 0.1) is 0 Å².